The smallest absolute Gasteiger partial charge is 0.310 e. The first-order valence-electron chi connectivity index (χ1n) is 12.4. The van der Waals surface area contributed by atoms with Crippen LogP contribution in [0.5, 0.6) is 5.75 Å². The van der Waals surface area contributed by atoms with Crippen molar-refractivity contribution in [1.82, 2.24) is 0 Å². The number of hydrogen-bond donors (Lipinski definition) is 1. The van der Waals surface area contributed by atoms with Crippen LogP contribution < -0.4 is 10.5 Å². The van der Waals surface area contributed by atoms with Gasteiger partial charge in [-0.05, 0) is 60.4 Å². The summed E-state index contributed by atoms with van der Waals surface area (Å²) in [7, 11) is 0. The third-order valence-corrected chi connectivity index (χ3v) is 6.20. The maximum atomic E-state index is 12.2. The highest BCUT2D eigenvalue weighted by atomic mass is 16.5. The molecule has 188 valence electrons. The molecule has 3 aromatic carbocycles. The molecular weight excluding hydrogens is 450 g/mol. The molecule has 1 aromatic heterocycles. The standard InChI is InChI=1S/C31H35NO4/c1-6-34-29(33)17-24-11-10-20(2)14-28(24)35-19-26-25-16-23(22-9-7-8-21(15-22)18-32)12-13-27(25)36-30(26)31(3,4)5/h7-16H,6,17-19,32H2,1-5H3. The number of hydrogen-bond acceptors (Lipinski definition) is 5. The molecule has 4 rings (SSSR count). The van der Waals surface area contributed by atoms with Crippen molar-refractivity contribution in [2.75, 3.05) is 6.61 Å². The highest BCUT2D eigenvalue weighted by molar-refractivity contribution is 5.87. The van der Waals surface area contributed by atoms with Gasteiger partial charge in [0, 0.05) is 28.5 Å². The largest absolute Gasteiger partial charge is 0.488 e. The number of carbonyl (C=O) groups is 1. The maximum Gasteiger partial charge on any atom is 0.310 e. The third kappa shape index (κ3) is 5.63. The lowest BCUT2D eigenvalue weighted by atomic mass is 9.89. The molecule has 0 fully saturated rings. The predicted molar refractivity (Wildman–Crippen MR) is 144 cm³/mol. The number of rotatable bonds is 8. The summed E-state index contributed by atoms with van der Waals surface area (Å²) in [5, 5.41) is 1.02. The van der Waals surface area contributed by atoms with Gasteiger partial charge in [-0.15, -0.1) is 0 Å². The van der Waals surface area contributed by atoms with Crippen LogP contribution >= 0.6 is 0 Å². The monoisotopic (exact) mass is 485 g/mol. The Labute approximate surface area is 213 Å². The van der Waals surface area contributed by atoms with Crippen LogP contribution in [0.3, 0.4) is 0 Å². The molecule has 5 heteroatoms. The molecule has 0 spiro atoms. The number of carbonyl (C=O) groups excluding carboxylic acids is 1. The van der Waals surface area contributed by atoms with Crippen LogP contribution in [0.2, 0.25) is 0 Å². The Kier molecular flexibility index (Phi) is 7.51. The summed E-state index contributed by atoms with van der Waals surface area (Å²) in [5.41, 5.74) is 12.7. The van der Waals surface area contributed by atoms with Gasteiger partial charge in [0.25, 0.3) is 0 Å². The van der Waals surface area contributed by atoms with Crippen molar-refractivity contribution in [3.8, 4) is 16.9 Å². The number of ether oxygens (including phenoxy) is 2. The summed E-state index contributed by atoms with van der Waals surface area (Å²) in [5.74, 6) is 1.31. The summed E-state index contributed by atoms with van der Waals surface area (Å²) in [6.07, 6.45) is 0.170. The van der Waals surface area contributed by atoms with E-state index in [1.165, 1.54) is 0 Å². The quantitative estimate of drug-likeness (QED) is 0.276. The van der Waals surface area contributed by atoms with E-state index in [4.69, 9.17) is 19.6 Å². The van der Waals surface area contributed by atoms with Gasteiger partial charge in [0.05, 0.1) is 13.0 Å². The highest BCUT2D eigenvalue weighted by Crippen LogP contribution is 2.37. The van der Waals surface area contributed by atoms with Gasteiger partial charge < -0.3 is 19.6 Å². The molecule has 0 amide bonds. The second-order valence-electron chi connectivity index (χ2n) is 10.2. The fourth-order valence-corrected chi connectivity index (χ4v) is 4.41. The molecule has 5 nitrogen and oxygen atoms in total. The van der Waals surface area contributed by atoms with Crippen LogP contribution in [-0.4, -0.2) is 12.6 Å². The molecule has 0 bridgehead atoms. The van der Waals surface area contributed by atoms with E-state index in [1.807, 2.05) is 50.2 Å². The Morgan fingerprint density at radius 1 is 1.00 bits per heavy atom. The van der Waals surface area contributed by atoms with Gasteiger partial charge in [0.2, 0.25) is 0 Å². The van der Waals surface area contributed by atoms with Crippen molar-refractivity contribution in [2.24, 2.45) is 5.73 Å². The summed E-state index contributed by atoms with van der Waals surface area (Å²) in [6.45, 7) is 11.4. The zero-order valence-corrected chi connectivity index (χ0v) is 21.8. The highest BCUT2D eigenvalue weighted by Gasteiger charge is 2.26. The van der Waals surface area contributed by atoms with Gasteiger partial charge >= 0.3 is 5.97 Å². The van der Waals surface area contributed by atoms with Gasteiger partial charge in [-0.3, -0.25) is 4.79 Å². The Hall–Kier alpha value is -3.57. The Morgan fingerprint density at radius 2 is 1.78 bits per heavy atom. The van der Waals surface area contributed by atoms with Gasteiger partial charge in [0.1, 0.15) is 23.7 Å². The second-order valence-corrected chi connectivity index (χ2v) is 10.2. The van der Waals surface area contributed by atoms with Crippen LogP contribution in [0.15, 0.2) is 65.1 Å². The minimum Gasteiger partial charge on any atom is -0.488 e. The Balaban J connectivity index is 1.73. The lowest BCUT2D eigenvalue weighted by molar-refractivity contribution is -0.142. The van der Waals surface area contributed by atoms with Crippen LogP contribution in [0, 0.1) is 6.92 Å². The van der Waals surface area contributed by atoms with E-state index in [1.54, 1.807) is 0 Å². The van der Waals surface area contributed by atoms with E-state index in [9.17, 15) is 4.79 Å². The molecular formula is C31H35NO4. The number of benzene rings is 3. The lowest BCUT2D eigenvalue weighted by Crippen LogP contribution is -2.14. The molecule has 0 saturated carbocycles. The van der Waals surface area contributed by atoms with E-state index in [2.05, 4.69) is 45.0 Å². The van der Waals surface area contributed by atoms with Gasteiger partial charge in [-0.2, -0.15) is 0 Å². The van der Waals surface area contributed by atoms with Crippen LogP contribution in [0.4, 0.5) is 0 Å². The zero-order valence-electron chi connectivity index (χ0n) is 21.8. The summed E-state index contributed by atoms with van der Waals surface area (Å²) in [4.78, 5) is 12.2. The number of fused-ring (bicyclic) bond motifs is 1. The second kappa shape index (κ2) is 10.6. The molecule has 0 aliphatic carbocycles. The van der Waals surface area contributed by atoms with Crippen molar-refractivity contribution < 1.29 is 18.7 Å². The molecule has 0 radical (unpaired) electrons. The number of aryl methyl sites for hydroxylation is 1. The summed E-state index contributed by atoms with van der Waals surface area (Å²) >= 11 is 0. The fourth-order valence-electron chi connectivity index (χ4n) is 4.41. The van der Waals surface area contributed by atoms with Crippen LogP contribution in [0.25, 0.3) is 22.1 Å². The molecule has 36 heavy (non-hydrogen) atoms. The maximum absolute atomic E-state index is 12.2. The van der Waals surface area contributed by atoms with Crippen molar-refractivity contribution in [3.05, 3.63) is 88.7 Å². The first-order chi connectivity index (χ1) is 17.2. The third-order valence-electron chi connectivity index (χ3n) is 6.20. The molecule has 0 aliphatic rings. The Bertz CT molecular complexity index is 1380. The average Bonchev–Trinajstić information content (AvgIpc) is 3.23. The van der Waals surface area contributed by atoms with E-state index in [-0.39, 0.29) is 17.8 Å². The Morgan fingerprint density at radius 3 is 2.50 bits per heavy atom. The van der Waals surface area contributed by atoms with Crippen molar-refractivity contribution in [1.29, 1.82) is 0 Å². The first-order valence-corrected chi connectivity index (χ1v) is 12.4. The zero-order chi connectivity index (χ0) is 25.9. The minimum atomic E-state index is -0.264. The van der Waals surface area contributed by atoms with Crippen molar-refractivity contribution >= 4 is 16.9 Å². The summed E-state index contributed by atoms with van der Waals surface area (Å²) < 4.78 is 17.9. The van der Waals surface area contributed by atoms with Crippen LogP contribution in [-0.2, 0) is 34.5 Å². The summed E-state index contributed by atoms with van der Waals surface area (Å²) in [6, 6.07) is 20.4. The van der Waals surface area contributed by atoms with Crippen LogP contribution in [0.1, 0.15) is 55.7 Å². The normalized spacial score (nSPS) is 11.6. The van der Waals surface area contributed by atoms with Gasteiger partial charge in [-0.1, -0.05) is 57.2 Å². The number of nitrogens with two attached hydrogens (primary N) is 1. The lowest BCUT2D eigenvalue weighted by Gasteiger charge is -2.18. The SMILES string of the molecule is CCOC(=O)Cc1ccc(C)cc1OCc1c(C(C)(C)C)oc2ccc(-c3cccc(CN)c3)cc12. The first kappa shape index (κ1) is 25.5. The number of esters is 1. The molecule has 0 saturated heterocycles. The molecule has 1 heterocycles. The predicted octanol–water partition coefficient (Wildman–Crippen LogP) is 6.85. The van der Waals surface area contributed by atoms with E-state index >= 15 is 0 Å². The van der Waals surface area contributed by atoms with E-state index in [0.29, 0.717) is 25.5 Å². The molecule has 2 N–H and O–H groups in total. The van der Waals surface area contributed by atoms with Gasteiger partial charge in [-0.25, -0.2) is 0 Å². The van der Waals surface area contributed by atoms with E-state index in [0.717, 1.165) is 50.1 Å². The molecule has 0 atom stereocenters. The molecule has 0 aliphatic heterocycles. The molecule has 4 aromatic rings. The average molecular weight is 486 g/mol. The fraction of sp³-hybridized carbons (Fsp3) is 0.323. The minimum absolute atomic E-state index is 0.170. The van der Waals surface area contributed by atoms with Crippen molar-refractivity contribution in [3.63, 3.8) is 0 Å². The van der Waals surface area contributed by atoms with Crippen molar-refractivity contribution in [2.45, 2.75) is 59.6 Å². The number of furan rings is 1. The van der Waals surface area contributed by atoms with Gasteiger partial charge in [0.15, 0.2) is 0 Å². The topological polar surface area (TPSA) is 74.7 Å². The molecule has 0 unspecified atom stereocenters. The van der Waals surface area contributed by atoms with E-state index < -0.39 is 0 Å².